The second-order valence-corrected chi connectivity index (χ2v) is 9.53. The van der Waals surface area contributed by atoms with Gasteiger partial charge in [-0.05, 0) is 64.5 Å². The van der Waals surface area contributed by atoms with Crippen molar-refractivity contribution in [3.8, 4) is 0 Å². The quantitative estimate of drug-likeness (QED) is 0.249. The molecular weight excluding hydrogens is 473 g/mol. The third-order valence-corrected chi connectivity index (χ3v) is 7.20. The summed E-state index contributed by atoms with van der Waals surface area (Å²) in [5, 5.41) is 3.60. The van der Waals surface area contributed by atoms with E-state index in [9.17, 15) is 0 Å². The minimum Gasteiger partial charge on any atom is -0.357 e. The van der Waals surface area contributed by atoms with E-state index in [0.717, 1.165) is 13.1 Å². The Labute approximate surface area is 197 Å². The Hall–Kier alpha value is -0.0800. The maximum absolute atomic E-state index is 5.04. The van der Waals surface area contributed by atoms with Crippen LogP contribution in [0.25, 0.3) is 0 Å². The van der Waals surface area contributed by atoms with E-state index in [-0.39, 0.29) is 24.0 Å². The summed E-state index contributed by atoms with van der Waals surface area (Å²) in [6, 6.07) is 0. The van der Waals surface area contributed by atoms with Gasteiger partial charge in [-0.25, -0.2) is 0 Å². The summed E-state index contributed by atoms with van der Waals surface area (Å²) in [6.45, 7) is 12.7. The first-order chi connectivity index (χ1) is 13.7. The van der Waals surface area contributed by atoms with Gasteiger partial charge < -0.3 is 20.0 Å². The van der Waals surface area contributed by atoms with Crippen molar-refractivity contribution >= 4 is 29.9 Å². The number of unbranched alkanes of at least 4 members (excludes halogenated alkanes) is 1. The minimum absolute atomic E-state index is 0. The fraction of sp³-hybridized carbons (Fsp3) is 0.957. The third-order valence-electron chi connectivity index (χ3n) is 7.20. The molecular formula is C23H46IN5. The van der Waals surface area contributed by atoms with Crippen LogP contribution in [0.15, 0.2) is 4.99 Å². The Morgan fingerprint density at radius 2 is 1.59 bits per heavy atom. The molecule has 3 aliphatic rings. The molecule has 0 bridgehead atoms. The summed E-state index contributed by atoms with van der Waals surface area (Å²) < 4.78 is 0. The summed E-state index contributed by atoms with van der Waals surface area (Å²) in [4.78, 5) is 12.7. The first-order valence-corrected chi connectivity index (χ1v) is 12.1. The van der Waals surface area contributed by atoms with E-state index in [1.165, 1.54) is 116 Å². The molecule has 1 N–H and O–H groups in total. The zero-order valence-corrected chi connectivity index (χ0v) is 21.5. The molecule has 0 atom stereocenters. The van der Waals surface area contributed by atoms with Crippen molar-refractivity contribution in [3.63, 3.8) is 0 Å². The standard InChI is InChI=1S/C23H45N5.HI/c1-3-24-22(25-14-8-9-15-27-19-17-26(2)18-20-27)28-16-10-13-23(21-28)11-6-4-5-7-12-23;/h3-21H2,1-2H3,(H,24,25);1H. The van der Waals surface area contributed by atoms with Crippen molar-refractivity contribution < 1.29 is 0 Å². The number of hydrogen-bond donors (Lipinski definition) is 1. The van der Waals surface area contributed by atoms with Crippen LogP contribution in [-0.4, -0.2) is 86.6 Å². The number of nitrogens with zero attached hydrogens (tertiary/aromatic N) is 4. The predicted molar refractivity (Wildman–Crippen MR) is 136 cm³/mol. The van der Waals surface area contributed by atoms with Gasteiger partial charge in [0, 0.05) is 52.4 Å². The molecule has 170 valence electrons. The largest absolute Gasteiger partial charge is 0.357 e. The van der Waals surface area contributed by atoms with Gasteiger partial charge in [0.05, 0.1) is 0 Å². The van der Waals surface area contributed by atoms with Crippen LogP contribution in [0.5, 0.6) is 0 Å². The van der Waals surface area contributed by atoms with Gasteiger partial charge in [-0.1, -0.05) is 25.7 Å². The number of likely N-dealkylation sites (N-methyl/N-ethyl adjacent to an activating group) is 1. The van der Waals surface area contributed by atoms with Gasteiger partial charge in [-0.15, -0.1) is 24.0 Å². The van der Waals surface area contributed by atoms with E-state index in [1.54, 1.807) is 0 Å². The molecule has 2 heterocycles. The van der Waals surface area contributed by atoms with Gasteiger partial charge in [0.25, 0.3) is 0 Å². The third kappa shape index (κ3) is 8.17. The summed E-state index contributed by atoms with van der Waals surface area (Å²) in [5.41, 5.74) is 0.576. The van der Waals surface area contributed by atoms with Crippen LogP contribution in [-0.2, 0) is 0 Å². The van der Waals surface area contributed by atoms with Crippen LogP contribution in [0.1, 0.15) is 71.1 Å². The maximum atomic E-state index is 5.04. The first-order valence-electron chi connectivity index (χ1n) is 12.1. The summed E-state index contributed by atoms with van der Waals surface area (Å²) in [5.74, 6) is 1.19. The van der Waals surface area contributed by atoms with Crippen molar-refractivity contribution in [3.05, 3.63) is 0 Å². The second kappa shape index (κ2) is 13.4. The number of guanidine groups is 1. The molecule has 1 spiro atoms. The number of halogens is 1. The highest BCUT2D eigenvalue weighted by Gasteiger charge is 2.36. The lowest BCUT2D eigenvalue weighted by Gasteiger charge is -2.44. The highest BCUT2D eigenvalue weighted by atomic mass is 127. The normalized spacial score (nSPS) is 24.2. The van der Waals surface area contributed by atoms with E-state index >= 15 is 0 Å². The number of likely N-dealkylation sites (tertiary alicyclic amines) is 1. The molecule has 5 nitrogen and oxygen atoms in total. The van der Waals surface area contributed by atoms with Crippen LogP contribution in [0, 0.1) is 5.41 Å². The molecule has 2 saturated heterocycles. The number of hydrogen-bond acceptors (Lipinski definition) is 3. The number of piperazine rings is 1. The Bertz CT molecular complexity index is 468. The number of piperidine rings is 1. The van der Waals surface area contributed by atoms with Crippen LogP contribution in [0.4, 0.5) is 0 Å². The summed E-state index contributed by atoms with van der Waals surface area (Å²) in [6.07, 6.45) is 13.9. The van der Waals surface area contributed by atoms with Crippen molar-refractivity contribution in [1.29, 1.82) is 0 Å². The minimum atomic E-state index is 0. The molecule has 6 heteroatoms. The van der Waals surface area contributed by atoms with Gasteiger partial charge >= 0.3 is 0 Å². The van der Waals surface area contributed by atoms with Gasteiger partial charge in [0.15, 0.2) is 5.96 Å². The van der Waals surface area contributed by atoms with Crippen molar-refractivity contribution in [1.82, 2.24) is 20.0 Å². The van der Waals surface area contributed by atoms with E-state index in [2.05, 4.69) is 34.0 Å². The van der Waals surface area contributed by atoms with Gasteiger partial charge in [0.2, 0.25) is 0 Å². The zero-order valence-electron chi connectivity index (χ0n) is 19.1. The smallest absolute Gasteiger partial charge is 0.193 e. The number of aliphatic imine (C=N–C) groups is 1. The van der Waals surface area contributed by atoms with Crippen LogP contribution in [0.3, 0.4) is 0 Å². The van der Waals surface area contributed by atoms with Gasteiger partial charge in [-0.2, -0.15) is 0 Å². The highest BCUT2D eigenvalue weighted by molar-refractivity contribution is 14.0. The zero-order chi connectivity index (χ0) is 19.7. The SMILES string of the molecule is CCNC(=NCCCCN1CCN(C)CC1)N1CCCC2(CCCCCC2)C1.I. The van der Waals surface area contributed by atoms with E-state index < -0.39 is 0 Å². The number of nitrogens with one attached hydrogen (secondary N) is 1. The fourth-order valence-electron chi connectivity index (χ4n) is 5.40. The summed E-state index contributed by atoms with van der Waals surface area (Å²) in [7, 11) is 2.23. The van der Waals surface area contributed by atoms with Crippen LogP contribution >= 0.6 is 24.0 Å². The Morgan fingerprint density at radius 1 is 0.897 bits per heavy atom. The lowest BCUT2D eigenvalue weighted by Crippen LogP contribution is -2.50. The number of rotatable bonds is 6. The molecule has 3 fully saturated rings. The molecule has 0 aromatic carbocycles. The van der Waals surface area contributed by atoms with E-state index in [0.29, 0.717) is 5.41 Å². The van der Waals surface area contributed by atoms with Crippen molar-refractivity contribution in [2.75, 3.05) is 66.0 Å². The Balaban J connectivity index is 0.00000300. The molecule has 0 aromatic heterocycles. The average molecular weight is 520 g/mol. The second-order valence-electron chi connectivity index (χ2n) is 9.53. The predicted octanol–water partition coefficient (Wildman–Crippen LogP) is 4.03. The van der Waals surface area contributed by atoms with E-state index in [1.807, 2.05) is 0 Å². The van der Waals surface area contributed by atoms with Gasteiger partial charge in [0.1, 0.15) is 0 Å². The molecule has 0 unspecified atom stereocenters. The summed E-state index contributed by atoms with van der Waals surface area (Å²) >= 11 is 0. The molecule has 29 heavy (non-hydrogen) atoms. The first kappa shape index (κ1) is 25.2. The maximum Gasteiger partial charge on any atom is 0.193 e. The molecule has 3 rings (SSSR count). The molecule has 0 aromatic rings. The lowest BCUT2D eigenvalue weighted by atomic mass is 9.74. The molecule has 0 amide bonds. The van der Waals surface area contributed by atoms with Crippen LogP contribution < -0.4 is 5.32 Å². The molecule has 1 aliphatic carbocycles. The Kier molecular flexibility index (Phi) is 11.6. The van der Waals surface area contributed by atoms with Crippen molar-refractivity contribution in [2.24, 2.45) is 10.4 Å². The van der Waals surface area contributed by atoms with E-state index in [4.69, 9.17) is 4.99 Å². The molecule has 0 radical (unpaired) electrons. The lowest BCUT2D eigenvalue weighted by molar-refractivity contribution is 0.115. The Morgan fingerprint density at radius 3 is 2.28 bits per heavy atom. The molecule has 2 aliphatic heterocycles. The molecule has 1 saturated carbocycles. The van der Waals surface area contributed by atoms with Crippen molar-refractivity contribution in [2.45, 2.75) is 71.1 Å². The highest BCUT2D eigenvalue weighted by Crippen LogP contribution is 2.42. The average Bonchev–Trinajstić information content (AvgIpc) is 2.93. The van der Waals surface area contributed by atoms with Gasteiger partial charge in [-0.3, -0.25) is 4.99 Å². The monoisotopic (exact) mass is 519 g/mol. The fourth-order valence-corrected chi connectivity index (χ4v) is 5.40. The van der Waals surface area contributed by atoms with Crippen LogP contribution in [0.2, 0.25) is 0 Å². The topological polar surface area (TPSA) is 34.1 Å².